The molecule has 0 amide bonds. The van der Waals surface area contributed by atoms with Crippen LogP contribution in [0.3, 0.4) is 0 Å². The van der Waals surface area contributed by atoms with E-state index in [0.29, 0.717) is 0 Å². The number of hydrogen-bond donors (Lipinski definition) is 1. The molecule has 2 aromatic carbocycles. The molecular weight excluding hydrogens is 324 g/mol. The molecule has 5 nitrogen and oxygen atoms in total. The van der Waals surface area contributed by atoms with E-state index in [-0.39, 0.29) is 0 Å². The number of benzene rings is 2. The zero-order valence-electron chi connectivity index (χ0n) is 15.3. The van der Waals surface area contributed by atoms with Gasteiger partial charge in [0.1, 0.15) is 12.8 Å². The predicted molar refractivity (Wildman–Crippen MR) is 106 cm³/mol. The fourth-order valence-corrected chi connectivity index (χ4v) is 2.42. The highest BCUT2D eigenvalue weighted by Crippen LogP contribution is 2.22. The second-order valence-electron chi connectivity index (χ2n) is 5.97. The number of pyridine rings is 1. The highest BCUT2D eigenvalue weighted by Gasteiger charge is 2.00. The van der Waals surface area contributed by atoms with Crippen molar-refractivity contribution in [2.45, 2.75) is 0 Å². The summed E-state index contributed by atoms with van der Waals surface area (Å²) in [6, 6.07) is 20.0. The number of anilines is 3. The van der Waals surface area contributed by atoms with Crippen LogP contribution in [0, 0.1) is 0 Å². The molecular formula is C21H23N4O+. The van der Waals surface area contributed by atoms with Gasteiger partial charge < -0.3 is 10.1 Å². The molecule has 0 saturated carbocycles. The summed E-state index contributed by atoms with van der Waals surface area (Å²) in [5.41, 5.74) is 4.12. The van der Waals surface area contributed by atoms with Crippen molar-refractivity contribution in [3.05, 3.63) is 78.6 Å². The molecule has 3 rings (SSSR count). The molecule has 1 N–H and O–H groups in total. The summed E-state index contributed by atoms with van der Waals surface area (Å²) in [6.45, 7) is 0. The van der Waals surface area contributed by atoms with Gasteiger partial charge in [-0.2, -0.15) is 5.10 Å². The molecule has 132 valence electrons. The Morgan fingerprint density at radius 2 is 1.50 bits per heavy atom. The summed E-state index contributed by atoms with van der Waals surface area (Å²) in [7, 11) is 5.60. The summed E-state index contributed by atoms with van der Waals surface area (Å²) in [6.07, 6.45) is 5.85. The minimum Gasteiger partial charge on any atom is -0.497 e. The largest absolute Gasteiger partial charge is 0.497 e. The predicted octanol–water partition coefficient (Wildman–Crippen LogP) is 3.73. The Labute approximate surface area is 154 Å². The highest BCUT2D eigenvalue weighted by atomic mass is 16.5. The van der Waals surface area contributed by atoms with Gasteiger partial charge in [-0.25, -0.2) is 4.57 Å². The van der Waals surface area contributed by atoms with E-state index in [1.165, 1.54) is 0 Å². The molecule has 0 atom stereocenters. The lowest BCUT2D eigenvalue weighted by Gasteiger charge is -2.14. The first-order valence-electron chi connectivity index (χ1n) is 8.38. The quantitative estimate of drug-likeness (QED) is 0.420. The third-order valence-electron chi connectivity index (χ3n) is 4.00. The van der Waals surface area contributed by atoms with Crippen LogP contribution in [-0.2, 0) is 7.05 Å². The Bertz CT molecular complexity index is 856. The zero-order valence-corrected chi connectivity index (χ0v) is 15.3. The Hall–Kier alpha value is -3.34. The SMILES string of the molecule is COc1ccc(Nc2ccc(N(C)/N=C/c3cc[n+](C)cc3)cc2)cc1. The molecule has 3 aromatic rings. The lowest BCUT2D eigenvalue weighted by Crippen LogP contribution is -2.25. The smallest absolute Gasteiger partial charge is 0.169 e. The van der Waals surface area contributed by atoms with E-state index in [0.717, 1.165) is 28.4 Å². The molecule has 0 saturated heterocycles. The van der Waals surface area contributed by atoms with Gasteiger partial charge in [0.25, 0.3) is 0 Å². The number of rotatable bonds is 6. The maximum atomic E-state index is 5.17. The van der Waals surface area contributed by atoms with E-state index in [1.807, 2.05) is 103 Å². The van der Waals surface area contributed by atoms with E-state index in [9.17, 15) is 0 Å². The molecule has 0 bridgehead atoms. The van der Waals surface area contributed by atoms with Crippen molar-refractivity contribution >= 4 is 23.3 Å². The van der Waals surface area contributed by atoms with Gasteiger partial charge in [0.15, 0.2) is 12.4 Å². The maximum absolute atomic E-state index is 5.17. The Morgan fingerprint density at radius 1 is 0.923 bits per heavy atom. The van der Waals surface area contributed by atoms with Crippen LogP contribution >= 0.6 is 0 Å². The topological polar surface area (TPSA) is 40.7 Å². The van der Waals surface area contributed by atoms with Crippen LogP contribution in [0.4, 0.5) is 17.1 Å². The van der Waals surface area contributed by atoms with Crippen LogP contribution < -0.4 is 19.6 Å². The molecule has 0 radical (unpaired) electrons. The number of nitrogens with one attached hydrogen (secondary N) is 1. The van der Waals surface area contributed by atoms with E-state index < -0.39 is 0 Å². The second kappa shape index (κ2) is 8.16. The first-order chi connectivity index (χ1) is 12.6. The minimum absolute atomic E-state index is 0.845. The van der Waals surface area contributed by atoms with Crippen molar-refractivity contribution in [1.29, 1.82) is 0 Å². The van der Waals surface area contributed by atoms with Crippen LogP contribution in [0.1, 0.15) is 5.56 Å². The molecule has 0 aliphatic carbocycles. The van der Waals surface area contributed by atoms with Crippen molar-refractivity contribution in [3.8, 4) is 5.75 Å². The monoisotopic (exact) mass is 347 g/mol. The van der Waals surface area contributed by atoms with Crippen molar-refractivity contribution in [3.63, 3.8) is 0 Å². The molecule has 0 aliphatic rings. The third kappa shape index (κ3) is 4.60. The number of ether oxygens (including phenoxy) is 1. The van der Waals surface area contributed by atoms with E-state index in [1.54, 1.807) is 7.11 Å². The normalized spacial score (nSPS) is 10.7. The van der Waals surface area contributed by atoms with Gasteiger partial charge in [0.05, 0.1) is 19.0 Å². The third-order valence-corrected chi connectivity index (χ3v) is 4.00. The van der Waals surface area contributed by atoms with E-state index in [2.05, 4.69) is 10.4 Å². The van der Waals surface area contributed by atoms with Crippen LogP contribution in [0.5, 0.6) is 5.75 Å². The molecule has 5 heteroatoms. The first-order valence-corrected chi connectivity index (χ1v) is 8.38. The molecule has 0 fully saturated rings. The molecule has 1 aromatic heterocycles. The van der Waals surface area contributed by atoms with Gasteiger partial charge >= 0.3 is 0 Å². The number of nitrogens with zero attached hydrogens (tertiary/aromatic N) is 3. The summed E-state index contributed by atoms with van der Waals surface area (Å²) >= 11 is 0. The lowest BCUT2D eigenvalue weighted by atomic mass is 10.2. The fourth-order valence-electron chi connectivity index (χ4n) is 2.42. The summed E-state index contributed by atoms with van der Waals surface area (Å²) in [4.78, 5) is 0. The number of aromatic nitrogens is 1. The molecule has 0 unspecified atom stereocenters. The Kier molecular flexibility index (Phi) is 5.49. The number of methoxy groups -OCH3 is 1. The van der Waals surface area contributed by atoms with Crippen molar-refractivity contribution in [2.75, 3.05) is 24.5 Å². The first kappa shape index (κ1) is 17.5. The van der Waals surface area contributed by atoms with Gasteiger partial charge in [0, 0.05) is 36.1 Å². The maximum Gasteiger partial charge on any atom is 0.169 e. The Morgan fingerprint density at radius 3 is 2.08 bits per heavy atom. The zero-order chi connectivity index (χ0) is 18.4. The van der Waals surface area contributed by atoms with Crippen LogP contribution in [-0.4, -0.2) is 20.4 Å². The summed E-state index contributed by atoms with van der Waals surface area (Å²) < 4.78 is 7.17. The van der Waals surface area contributed by atoms with Crippen molar-refractivity contribution < 1.29 is 9.30 Å². The molecule has 0 spiro atoms. The van der Waals surface area contributed by atoms with Gasteiger partial charge in [-0.1, -0.05) is 0 Å². The molecule has 26 heavy (non-hydrogen) atoms. The van der Waals surface area contributed by atoms with Gasteiger partial charge in [-0.3, -0.25) is 5.01 Å². The number of hydrazone groups is 1. The van der Waals surface area contributed by atoms with Crippen LogP contribution in [0.15, 0.2) is 78.2 Å². The van der Waals surface area contributed by atoms with Crippen LogP contribution in [0.25, 0.3) is 0 Å². The molecule has 0 aliphatic heterocycles. The average molecular weight is 347 g/mol. The average Bonchev–Trinajstić information content (AvgIpc) is 2.68. The van der Waals surface area contributed by atoms with Crippen molar-refractivity contribution in [2.24, 2.45) is 12.1 Å². The summed E-state index contributed by atoms with van der Waals surface area (Å²) in [5, 5.41) is 9.71. The standard InChI is InChI=1S/C21H23N4O/c1-24-14-12-17(13-15-24)16-22-25(2)20-8-4-18(5-9-20)23-19-6-10-21(26-3)11-7-19/h4-16,23H,1-3H3/q+1. The van der Waals surface area contributed by atoms with Gasteiger partial charge in [-0.05, 0) is 48.5 Å². The lowest BCUT2D eigenvalue weighted by molar-refractivity contribution is -0.671. The van der Waals surface area contributed by atoms with E-state index >= 15 is 0 Å². The summed E-state index contributed by atoms with van der Waals surface area (Å²) in [5.74, 6) is 0.845. The molecule has 1 heterocycles. The van der Waals surface area contributed by atoms with Crippen molar-refractivity contribution in [1.82, 2.24) is 0 Å². The Balaban J connectivity index is 1.63. The van der Waals surface area contributed by atoms with Gasteiger partial charge in [0.2, 0.25) is 0 Å². The second-order valence-corrected chi connectivity index (χ2v) is 5.97. The highest BCUT2D eigenvalue weighted by molar-refractivity contribution is 5.80. The number of hydrogen-bond acceptors (Lipinski definition) is 4. The minimum atomic E-state index is 0.845. The number of aryl methyl sites for hydroxylation is 1. The van der Waals surface area contributed by atoms with E-state index in [4.69, 9.17) is 4.74 Å². The van der Waals surface area contributed by atoms with Gasteiger partial charge in [-0.15, -0.1) is 0 Å². The van der Waals surface area contributed by atoms with Crippen LogP contribution in [0.2, 0.25) is 0 Å². The fraction of sp³-hybridized carbons (Fsp3) is 0.143.